The number of carbonyl (C=O) groups excluding carboxylic acids is 2. The first-order valence-electron chi connectivity index (χ1n) is 14.4. The maximum atomic E-state index is 12.4. The standard InChI is InChI=1S/C32H35N5O10/c1-5-45-27-15-22(30-29(31(39)44-4)19(2)34-32(40)35-30)10-12-25(27)47-18-28(38)36-33-16-20-9-11-24(26(14-20)43-3)46-17-21-7-6-8-23(13-21)37(41)42/h6-16,28,30,36,38H,5,17-18H2,1-4H3,(H2,34,35,40)/b33-16-/t28-,30+/m1/s1. The molecule has 0 unspecified atom stereocenters. The van der Waals surface area contributed by atoms with Crippen molar-refractivity contribution in [2.45, 2.75) is 32.7 Å². The van der Waals surface area contributed by atoms with E-state index >= 15 is 0 Å². The number of benzene rings is 3. The molecule has 1 aliphatic rings. The minimum absolute atomic E-state index is 0.0236. The summed E-state index contributed by atoms with van der Waals surface area (Å²) in [5.74, 6) is 0.933. The van der Waals surface area contributed by atoms with Crippen LogP contribution in [0.2, 0.25) is 0 Å². The molecule has 0 spiro atoms. The highest BCUT2D eigenvalue weighted by Crippen LogP contribution is 2.35. The third-order valence-corrected chi connectivity index (χ3v) is 6.81. The van der Waals surface area contributed by atoms with Gasteiger partial charge in [-0.25, -0.2) is 9.59 Å². The lowest BCUT2D eigenvalue weighted by Gasteiger charge is -2.28. The Kier molecular flexibility index (Phi) is 11.6. The second-order valence-corrected chi connectivity index (χ2v) is 10.0. The highest BCUT2D eigenvalue weighted by molar-refractivity contribution is 5.95. The number of nitro benzene ring substituents is 1. The zero-order valence-electron chi connectivity index (χ0n) is 26.1. The molecule has 4 N–H and O–H groups in total. The van der Waals surface area contributed by atoms with Crippen molar-refractivity contribution in [1.29, 1.82) is 0 Å². The molecular formula is C32H35N5O10. The van der Waals surface area contributed by atoms with E-state index in [9.17, 15) is 24.8 Å². The first-order valence-corrected chi connectivity index (χ1v) is 14.4. The van der Waals surface area contributed by atoms with Crippen molar-refractivity contribution in [3.63, 3.8) is 0 Å². The zero-order valence-corrected chi connectivity index (χ0v) is 26.1. The number of ether oxygens (including phenoxy) is 5. The van der Waals surface area contributed by atoms with Crippen molar-refractivity contribution in [2.75, 3.05) is 27.4 Å². The van der Waals surface area contributed by atoms with E-state index < -0.39 is 29.2 Å². The van der Waals surface area contributed by atoms with Gasteiger partial charge in [0.25, 0.3) is 5.69 Å². The number of nitrogens with zero attached hydrogens (tertiary/aromatic N) is 2. The number of rotatable bonds is 15. The lowest BCUT2D eigenvalue weighted by atomic mass is 9.95. The number of hydrazone groups is 1. The van der Waals surface area contributed by atoms with Crippen LogP contribution in [0.15, 0.2) is 77.0 Å². The molecule has 1 aliphatic heterocycles. The Hall–Kier alpha value is -5.83. The Bertz CT molecular complexity index is 1680. The summed E-state index contributed by atoms with van der Waals surface area (Å²) in [5.41, 5.74) is 5.02. The van der Waals surface area contributed by atoms with E-state index in [4.69, 9.17) is 23.7 Å². The minimum atomic E-state index is -1.19. The number of hydrogen-bond donors (Lipinski definition) is 4. The number of carbonyl (C=O) groups is 2. The maximum Gasteiger partial charge on any atom is 0.337 e. The van der Waals surface area contributed by atoms with Gasteiger partial charge < -0.3 is 39.4 Å². The Morgan fingerprint density at radius 1 is 1.06 bits per heavy atom. The van der Waals surface area contributed by atoms with Crippen molar-refractivity contribution >= 4 is 23.9 Å². The van der Waals surface area contributed by atoms with Gasteiger partial charge in [0.15, 0.2) is 29.2 Å². The van der Waals surface area contributed by atoms with Crippen molar-refractivity contribution in [3.05, 3.63) is 98.7 Å². The van der Waals surface area contributed by atoms with Crippen LogP contribution in [-0.2, 0) is 16.1 Å². The molecule has 0 bridgehead atoms. The molecular weight excluding hydrogens is 614 g/mol. The molecule has 3 aromatic rings. The van der Waals surface area contributed by atoms with E-state index in [0.717, 1.165) is 0 Å². The third-order valence-electron chi connectivity index (χ3n) is 6.81. The Morgan fingerprint density at radius 2 is 1.83 bits per heavy atom. The second-order valence-electron chi connectivity index (χ2n) is 10.0. The fourth-order valence-corrected chi connectivity index (χ4v) is 4.62. The summed E-state index contributed by atoms with van der Waals surface area (Å²) < 4.78 is 27.6. The second kappa shape index (κ2) is 15.9. The van der Waals surface area contributed by atoms with Crippen LogP contribution in [0.1, 0.15) is 36.6 Å². The first kappa shape index (κ1) is 34.1. The molecule has 0 saturated carbocycles. The number of aliphatic hydroxyl groups excluding tert-OH is 1. The van der Waals surface area contributed by atoms with Gasteiger partial charge in [-0.05, 0) is 60.9 Å². The quantitative estimate of drug-likeness (QED) is 0.0617. The number of non-ortho nitro benzene ring substituents is 1. The van der Waals surface area contributed by atoms with Crippen LogP contribution in [0, 0.1) is 10.1 Å². The fraction of sp³-hybridized carbons (Fsp3) is 0.281. The molecule has 248 valence electrons. The predicted octanol–water partition coefficient (Wildman–Crippen LogP) is 3.70. The van der Waals surface area contributed by atoms with Gasteiger partial charge in [-0.15, -0.1) is 0 Å². The van der Waals surface area contributed by atoms with Gasteiger partial charge in [0.2, 0.25) is 0 Å². The minimum Gasteiger partial charge on any atom is -0.493 e. The highest BCUT2D eigenvalue weighted by Gasteiger charge is 2.32. The fourth-order valence-electron chi connectivity index (χ4n) is 4.62. The molecule has 1 heterocycles. The number of amides is 2. The molecule has 0 aliphatic carbocycles. The molecule has 0 fully saturated rings. The molecule has 47 heavy (non-hydrogen) atoms. The molecule has 15 heteroatoms. The number of urea groups is 1. The molecule has 2 amide bonds. The number of nitro groups is 1. The van der Waals surface area contributed by atoms with E-state index in [2.05, 4.69) is 21.2 Å². The van der Waals surface area contributed by atoms with Gasteiger partial charge in [0.1, 0.15) is 13.2 Å². The molecule has 2 atom stereocenters. The van der Waals surface area contributed by atoms with E-state index in [0.29, 0.717) is 52.0 Å². The van der Waals surface area contributed by atoms with Gasteiger partial charge in [0.05, 0.1) is 43.6 Å². The number of allylic oxidation sites excluding steroid dienone is 1. The van der Waals surface area contributed by atoms with Crippen LogP contribution in [0.25, 0.3) is 0 Å². The molecule has 0 aromatic heterocycles. The molecule has 3 aromatic carbocycles. The number of methoxy groups -OCH3 is 2. The Labute approximate surface area is 270 Å². The van der Waals surface area contributed by atoms with Crippen LogP contribution in [-0.4, -0.2) is 61.9 Å². The summed E-state index contributed by atoms with van der Waals surface area (Å²) in [6, 6.07) is 14.9. The van der Waals surface area contributed by atoms with Crippen molar-refractivity contribution < 1.29 is 43.3 Å². The van der Waals surface area contributed by atoms with Gasteiger partial charge >= 0.3 is 12.0 Å². The van der Waals surface area contributed by atoms with Crippen LogP contribution < -0.4 is 35.0 Å². The van der Waals surface area contributed by atoms with E-state index in [1.807, 2.05) is 0 Å². The normalized spacial score (nSPS) is 14.9. The number of nitrogens with one attached hydrogen (secondary N) is 3. The predicted molar refractivity (Wildman–Crippen MR) is 169 cm³/mol. The summed E-state index contributed by atoms with van der Waals surface area (Å²) in [7, 11) is 2.74. The summed E-state index contributed by atoms with van der Waals surface area (Å²) in [6.07, 6.45) is 0.276. The van der Waals surface area contributed by atoms with E-state index in [1.165, 1.54) is 32.6 Å². The number of aliphatic hydroxyl groups is 1. The van der Waals surface area contributed by atoms with Gasteiger partial charge in [-0.3, -0.25) is 15.5 Å². The first-order chi connectivity index (χ1) is 22.6. The van der Waals surface area contributed by atoms with Crippen LogP contribution >= 0.6 is 0 Å². The van der Waals surface area contributed by atoms with Crippen LogP contribution in [0.5, 0.6) is 23.0 Å². The number of esters is 1. The number of hydrogen-bond acceptors (Lipinski definition) is 12. The molecule has 0 saturated heterocycles. The van der Waals surface area contributed by atoms with Crippen molar-refractivity contribution in [1.82, 2.24) is 16.1 Å². The Morgan fingerprint density at radius 3 is 2.55 bits per heavy atom. The summed E-state index contributed by atoms with van der Waals surface area (Å²) in [4.78, 5) is 35.2. The highest BCUT2D eigenvalue weighted by atomic mass is 16.6. The summed E-state index contributed by atoms with van der Waals surface area (Å²) >= 11 is 0. The Balaban J connectivity index is 1.36. The maximum absolute atomic E-state index is 12.4. The van der Waals surface area contributed by atoms with Crippen LogP contribution in [0.4, 0.5) is 10.5 Å². The van der Waals surface area contributed by atoms with Crippen molar-refractivity contribution in [3.8, 4) is 23.0 Å². The monoisotopic (exact) mass is 649 g/mol. The third kappa shape index (κ3) is 8.88. The van der Waals surface area contributed by atoms with Crippen LogP contribution in [0.3, 0.4) is 0 Å². The molecule has 4 rings (SSSR count). The van der Waals surface area contributed by atoms with E-state index in [-0.39, 0.29) is 24.5 Å². The summed E-state index contributed by atoms with van der Waals surface area (Å²) in [5, 5.41) is 30.8. The topological polar surface area (TPSA) is 192 Å². The average Bonchev–Trinajstić information content (AvgIpc) is 3.06. The molecule has 15 nitrogen and oxygen atoms in total. The summed E-state index contributed by atoms with van der Waals surface area (Å²) in [6.45, 7) is 3.63. The van der Waals surface area contributed by atoms with Gasteiger partial charge in [-0.2, -0.15) is 5.10 Å². The van der Waals surface area contributed by atoms with E-state index in [1.54, 1.807) is 62.4 Å². The van der Waals surface area contributed by atoms with Crippen molar-refractivity contribution in [2.24, 2.45) is 5.10 Å². The smallest absolute Gasteiger partial charge is 0.337 e. The lowest BCUT2D eigenvalue weighted by Crippen LogP contribution is -2.45. The molecule has 0 radical (unpaired) electrons. The van der Waals surface area contributed by atoms with Gasteiger partial charge in [-0.1, -0.05) is 18.2 Å². The SMILES string of the molecule is CCOc1cc([C@@H]2NC(=O)NC(C)=C2C(=O)OC)ccc1OC[C@@H](O)N/N=C\c1ccc(OCc2cccc([N+](=O)[O-])c2)c(OC)c1. The zero-order chi connectivity index (χ0) is 33.9. The largest absolute Gasteiger partial charge is 0.493 e. The van der Waals surface area contributed by atoms with Gasteiger partial charge in [0, 0.05) is 17.8 Å². The average molecular weight is 650 g/mol. The lowest BCUT2D eigenvalue weighted by molar-refractivity contribution is -0.384.